The average Bonchev–Trinajstić information content (AvgIpc) is 3.58. The zero-order valence-corrected chi connectivity index (χ0v) is 21.8. The minimum absolute atomic E-state index is 0.0246. The number of benzene rings is 3. The minimum Gasteiger partial charge on any atom is -0.504 e. The number of rotatable bonds is 5. The van der Waals surface area contributed by atoms with Gasteiger partial charge in [0.05, 0.1) is 22.2 Å². The third-order valence-corrected chi connectivity index (χ3v) is 10.4. The summed E-state index contributed by atoms with van der Waals surface area (Å²) >= 11 is 0. The molecule has 0 amide bonds. The summed E-state index contributed by atoms with van der Waals surface area (Å²) in [5.74, 6) is 2.29. The Bertz CT molecular complexity index is 1640. The van der Waals surface area contributed by atoms with Crippen molar-refractivity contribution < 1.29 is 19.7 Å². The molecule has 1 saturated heterocycles. The number of H-pyrrole nitrogens is 1. The highest BCUT2D eigenvalue weighted by Crippen LogP contribution is 2.69. The molecule has 2 bridgehead atoms. The van der Waals surface area contributed by atoms with Crippen molar-refractivity contribution in [3.8, 4) is 17.2 Å². The molecule has 3 N–H and O–H groups in total. The van der Waals surface area contributed by atoms with Crippen molar-refractivity contribution >= 4 is 10.9 Å². The predicted molar refractivity (Wildman–Crippen MR) is 147 cm³/mol. The van der Waals surface area contributed by atoms with Gasteiger partial charge in [-0.2, -0.15) is 0 Å². The van der Waals surface area contributed by atoms with Gasteiger partial charge in [0.1, 0.15) is 12.4 Å². The molecule has 1 spiro atoms. The van der Waals surface area contributed by atoms with Gasteiger partial charge >= 0.3 is 0 Å². The van der Waals surface area contributed by atoms with Gasteiger partial charge in [-0.3, -0.25) is 4.90 Å². The van der Waals surface area contributed by atoms with Crippen LogP contribution in [-0.2, 0) is 24.9 Å². The number of ether oxygens (including phenoxy) is 2. The number of aromatic nitrogens is 1. The second-order valence-electron chi connectivity index (χ2n) is 12.4. The normalized spacial score (nSPS) is 30.1. The van der Waals surface area contributed by atoms with Crippen LogP contribution in [0.5, 0.6) is 17.2 Å². The summed E-state index contributed by atoms with van der Waals surface area (Å²) in [5.41, 5.74) is 4.89. The van der Waals surface area contributed by atoms with E-state index in [0.29, 0.717) is 18.8 Å². The van der Waals surface area contributed by atoms with Crippen LogP contribution in [0.4, 0.5) is 0 Å². The van der Waals surface area contributed by atoms with Crippen LogP contribution in [0.1, 0.15) is 53.3 Å². The Morgan fingerprint density at radius 2 is 1.92 bits per heavy atom. The Morgan fingerprint density at radius 3 is 2.77 bits per heavy atom. The van der Waals surface area contributed by atoms with Crippen molar-refractivity contribution in [2.45, 2.75) is 61.9 Å². The minimum atomic E-state index is -0.986. The Morgan fingerprint density at radius 1 is 1.05 bits per heavy atom. The molecule has 6 heteroatoms. The molecular formula is C33H32N2O4. The third kappa shape index (κ3) is 2.83. The molecule has 0 radical (unpaired) electrons. The number of phenols is 1. The first-order valence-corrected chi connectivity index (χ1v) is 14.4. The number of hydrogen-bond acceptors (Lipinski definition) is 5. The van der Waals surface area contributed by atoms with Crippen molar-refractivity contribution in [2.24, 2.45) is 5.92 Å². The molecule has 1 aromatic heterocycles. The van der Waals surface area contributed by atoms with E-state index in [0.717, 1.165) is 70.9 Å². The maximum absolute atomic E-state index is 13.0. The number of aromatic hydroxyl groups is 1. The Kier molecular flexibility index (Phi) is 4.35. The van der Waals surface area contributed by atoms with Crippen LogP contribution in [-0.4, -0.2) is 44.8 Å². The highest BCUT2D eigenvalue weighted by molar-refractivity contribution is 5.91. The molecule has 3 heterocycles. The van der Waals surface area contributed by atoms with Gasteiger partial charge in [-0.05, 0) is 67.0 Å². The fourth-order valence-corrected chi connectivity index (χ4v) is 8.48. The summed E-state index contributed by atoms with van der Waals surface area (Å²) < 4.78 is 13.1. The molecule has 4 atom stereocenters. The van der Waals surface area contributed by atoms with E-state index in [1.807, 2.05) is 30.3 Å². The van der Waals surface area contributed by atoms with E-state index in [4.69, 9.17) is 9.47 Å². The van der Waals surface area contributed by atoms with Crippen molar-refractivity contribution in [2.75, 3.05) is 13.1 Å². The molecule has 4 aromatic rings. The molecule has 6 nitrogen and oxygen atoms in total. The Labute approximate surface area is 227 Å². The molecular weight excluding hydrogens is 488 g/mol. The predicted octanol–water partition coefficient (Wildman–Crippen LogP) is 5.15. The van der Waals surface area contributed by atoms with E-state index in [1.165, 1.54) is 18.4 Å². The van der Waals surface area contributed by atoms with E-state index in [9.17, 15) is 10.2 Å². The maximum atomic E-state index is 13.0. The lowest BCUT2D eigenvalue weighted by atomic mass is 9.49. The summed E-state index contributed by atoms with van der Waals surface area (Å²) in [6.07, 6.45) is 4.37. The lowest BCUT2D eigenvalue weighted by Crippen LogP contribution is -2.74. The summed E-state index contributed by atoms with van der Waals surface area (Å²) in [6, 6.07) is 20.2. The highest BCUT2D eigenvalue weighted by Gasteiger charge is 2.72. The average molecular weight is 521 g/mol. The smallest absolute Gasteiger partial charge is 0.166 e. The van der Waals surface area contributed by atoms with Crippen LogP contribution in [0, 0.1) is 5.92 Å². The summed E-state index contributed by atoms with van der Waals surface area (Å²) in [5, 5.41) is 25.0. The van der Waals surface area contributed by atoms with Gasteiger partial charge in [-0.1, -0.05) is 48.5 Å². The van der Waals surface area contributed by atoms with Crippen LogP contribution in [0.3, 0.4) is 0 Å². The van der Waals surface area contributed by atoms with Gasteiger partial charge in [0.2, 0.25) is 0 Å². The molecule has 0 unspecified atom stereocenters. The first kappa shape index (κ1) is 22.3. The molecule has 5 aliphatic rings. The summed E-state index contributed by atoms with van der Waals surface area (Å²) in [7, 11) is 0. The lowest BCUT2D eigenvalue weighted by Gasteiger charge is -2.62. The number of nitrogens with zero attached hydrogens (tertiary/aromatic N) is 1. The molecule has 3 aromatic carbocycles. The van der Waals surface area contributed by atoms with Crippen molar-refractivity contribution in [1.82, 2.24) is 9.88 Å². The van der Waals surface area contributed by atoms with Crippen molar-refractivity contribution in [3.63, 3.8) is 0 Å². The van der Waals surface area contributed by atoms with E-state index in [-0.39, 0.29) is 17.9 Å². The molecule has 1 saturated carbocycles. The summed E-state index contributed by atoms with van der Waals surface area (Å²) in [6.45, 7) is 2.49. The molecule has 9 rings (SSSR count). The standard InChI is InChI=1S/C33H32N2O4/c36-24-12-11-21-15-26-33(37)16-23-22-7-4-8-25(38-18-20-5-2-1-3-6-20)28(22)34-29(23)31-32(33,27(21)30(24)39-31)13-14-35(26)17-19-9-10-19/h1-8,11-12,19,26,31,34,36-37H,9-10,13-18H2/t26-,31+,32+,33-/m1/s1. The van der Waals surface area contributed by atoms with E-state index < -0.39 is 11.0 Å². The zero-order valence-electron chi connectivity index (χ0n) is 21.8. The van der Waals surface area contributed by atoms with Gasteiger partial charge in [0.15, 0.2) is 17.6 Å². The first-order valence-electron chi connectivity index (χ1n) is 14.4. The summed E-state index contributed by atoms with van der Waals surface area (Å²) in [4.78, 5) is 6.29. The third-order valence-electron chi connectivity index (χ3n) is 10.4. The van der Waals surface area contributed by atoms with Gasteiger partial charge in [0, 0.05) is 30.0 Å². The van der Waals surface area contributed by atoms with Gasteiger partial charge in [-0.25, -0.2) is 0 Å². The number of phenolic OH excluding ortho intramolecular Hbond substituents is 1. The molecule has 2 fully saturated rings. The van der Waals surface area contributed by atoms with Crippen LogP contribution in [0.25, 0.3) is 10.9 Å². The fraction of sp³-hybridized carbons (Fsp3) is 0.394. The maximum Gasteiger partial charge on any atom is 0.166 e. The number of hydrogen-bond donors (Lipinski definition) is 3. The first-order chi connectivity index (χ1) is 19.1. The van der Waals surface area contributed by atoms with E-state index >= 15 is 0 Å². The molecule has 3 aliphatic carbocycles. The molecule has 2 aliphatic heterocycles. The van der Waals surface area contributed by atoms with Crippen LogP contribution in [0.2, 0.25) is 0 Å². The molecule has 39 heavy (non-hydrogen) atoms. The van der Waals surface area contributed by atoms with Crippen LogP contribution in [0.15, 0.2) is 60.7 Å². The topological polar surface area (TPSA) is 78.0 Å². The number of para-hydroxylation sites is 1. The molecule has 198 valence electrons. The number of aliphatic hydroxyl groups is 1. The number of aromatic amines is 1. The Balaban J connectivity index is 1.21. The van der Waals surface area contributed by atoms with Crippen molar-refractivity contribution in [1.29, 1.82) is 0 Å². The quantitative estimate of drug-likeness (QED) is 0.339. The van der Waals surface area contributed by atoms with Crippen LogP contribution < -0.4 is 9.47 Å². The largest absolute Gasteiger partial charge is 0.504 e. The highest BCUT2D eigenvalue weighted by atomic mass is 16.5. The number of fused-ring (bicyclic) bond motifs is 4. The van der Waals surface area contributed by atoms with Gasteiger partial charge < -0.3 is 24.7 Å². The van der Waals surface area contributed by atoms with Crippen molar-refractivity contribution in [3.05, 3.63) is 88.6 Å². The zero-order chi connectivity index (χ0) is 25.9. The SMILES string of the molecule is Oc1ccc2c3c1O[C@H]1c4[nH]c5c(OCc6ccccc6)cccc5c4C[C@@]4(O)[C@@H](C2)N(CC2CC2)CC[C@]314. The number of nitrogens with one attached hydrogen (secondary N) is 1. The van der Waals surface area contributed by atoms with Crippen LogP contribution >= 0.6 is 0 Å². The number of likely N-dealkylation sites (tertiary alicyclic amines) is 1. The fourth-order valence-electron chi connectivity index (χ4n) is 8.48. The van der Waals surface area contributed by atoms with Gasteiger partial charge in [0.25, 0.3) is 0 Å². The second kappa shape index (κ2) is 7.58. The lowest BCUT2D eigenvalue weighted by molar-refractivity contribution is -0.173. The Hall–Kier alpha value is -3.48. The number of piperidine rings is 1. The van der Waals surface area contributed by atoms with E-state index in [1.54, 1.807) is 6.07 Å². The second-order valence-corrected chi connectivity index (χ2v) is 12.4. The van der Waals surface area contributed by atoms with Gasteiger partial charge in [-0.15, -0.1) is 0 Å². The van der Waals surface area contributed by atoms with E-state index in [2.05, 4.69) is 34.1 Å². The monoisotopic (exact) mass is 520 g/mol.